The largest absolute Gasteiger partial charge is 0.550 e. The summed E-state index contributed by atoms with van der Waals surface area (Å²) in [6, 6.07) is 0.173. The van der Waals surface area contributed by atoms with Crippen molar-refractivity contribution < 1.29 is 14.7 Å². The first kappa shape index (κ1) is 14.1. The van der Waals surface area contributed by atoms with Gasteiger partial charge in [-0.05, 0) is 20.3 Å². The van der Waals surface area contributed by atoms with Crippen molar-refractivity contribution in [3.63, 3.8) is 0 Å². The van der Waals surface area contributed by atoms with Gasteiger partial charge in [-0.25, -0.2) is 0 Å². The molecule has 0 bridgehead atoms. The van der Waals surface area contributed by atoms with Crippen LogP contribution in [0.15, 0.2) is 0 Å². The zero-order chi connectivity index (χ0) is 12.0. The summed E-state index contributed by atoms with van der Waals surface area (Å²) in [5.74, 6) is -0.936. The molecule has 0 radical (unpaired) electrons. The van der Waals surface area contributed by atoms with E-state index in [4.69, 9.17) is 0 Å². The lowest BCUT2D eigenvalue weighted by Gasteiger charge is -2.26. The van der Waals surface area contributed by atoms with E-state index in [2.05, 4.69) is 0 Å². The van der Waals surface area contributed by atoms with Gasteiger partial charge in [0.1, 0.15) is 5.78 Å². The molecule has 4 heteroatoms. The Morgan fingerprint density at radius 1 is 1.20 bits per heavy atom. The lowest BCUT2D eigenvalue weighted by Crippen LogP contribution is -2.40. The topological polar surface area (TPSA) is 60.4 Å². The molecule has 0 saturated carbocycles. The number of carboxylic acid groups (broad SMARTS) is 1. The zero-order valence-electron chi connectivity index (χ0n) is 9.95. The van der Waals surface area contributed by atoms with Crippen LogP contribution in [0.2, 0.25) is 0 Å². The molecule has 0 N–H and O–H groups in total. The molecule has 0 aromatic carbocycles. The Balaban J connectivity index is 4.16. The number of hydrogen-bond acceptors (Lipinski definition) is 4. The summed E-state index contributed by atoms with van der Waals surface area (Å²) in [6.07, 6.45) is -0.0243. The van der Waals surface area contributed by atoms with Crippen molar-refractivity contribution in [1.82, 2.24) is 4.90 Å². The van der Waals surface area contributed by atoms with Gasteiger partial charge in [0.15, 0.2) is 0 Å². The predicted molar refractivity (Wildman–Crippen MR) is 56.2 cm³/mol. The molecule has 88 valence electrons. The number of aliphatic carboxylic acids is 1. The third-order valence-corrected chi connectivity index (χ3v) is 2.34. The van der Waals surface area contributed by atoms with Gasteiger partial charge in [-0.2, -0.15) is 0 Å². The normalized spacial score (nSPS) is 11.4. The Morgan fingerprint density at radius 2 is 1.73 bits per heavy atom. The third-order valence-electron chi connectivity index (χ3n) is 2.34. The molecule has 0 heterocycles. The number of nitrogens with zero attached hydrogens (tertiary/aromatic N) is 1. The van der Waals surface area contributed by atoms with E-state index in [1.54, 1.807) is 0 Å². The van der Waals surface area contributed by atoms with E-state index in [0.717, 1.165) is 0 Å². The van der Waals surface area contributed by atoms with E-state index in [1.807, 2.05) is 32.6 Å². The quantitative estimate of drug-likeness (QED) is 0.601. The predicted octanol–water partition coefficient (Wildman–Crippen LogP) is 0.0619. The standard InChI is InChI=1S/C11H21NO3/c1-8(2)10(13)7-12(9(3)4)6-5-11(14)15/h8-9H,5-7H2,1-4H3,(H,14,15)/p-1. The van der Waals surface area contributed by atoms with Crippen molar-refractivity contribution in [3.8, 4) is 0 Å². The van der Waals surface area contributed by atoms with Crippen molar-refractivity contribution >= 4 is 11.8 Å². The first-order chi connectivity index (χ1) is 6.84. The molecule has 0 unspecified atom stereocenters. The van der Waals surface area contributed by atoms with Crippen LogP contribution in [0.4, 0.5) is 0 Å². The van der Waals surface area contributed by atoms with Gasteiger partial charge in [0.05, 0.1) is 6.54 Å². The summed E-state index contributed by atoms with van der Waals surface area (Å²) in [5, 5.41) is 10.3. The molecule has 0 aliphatic carbocycles. The first-order valence-corrected chi connectivity index (χ1v) is 5.31. The first-order valence-electron chi connectivity index (χ1n) is 5.31. The summed E-state index contributed by atoms with van der Waals surface area (Å²) in [7, 11) is 0. The van der Waals surface area contributed by atoms with Crippen LogP contribution in [-0.2, 0) is 9.59 Å². The molecule has 0 aliphatic rings. The summed E-state index contributed by atoms with van der Waals surface area (Å²) in [5.41, 5.74) is 0. The molecule has 0 fully saturated rings. The molecule has 0 amide bonds. The zero-order valence-corrected chi connectivity index (χ0v) is 9.95. The van der Waals surface area contributed by atoms with Crippen molar-refractivity contribution in [2.45, 2.75) is 40.2 Å². The number of carboxylic acids is 1. The minimum absolute atomic E-state index is 0.00537. The third kappa shape index (κ3) is 6.23. The second-order valence-electron chi connectivity index (χ2n) is 4.31. The second-order valence-corrected chi connectivity index (χ2v) is 4.31. The molecular weight excluding hydrogens is 194 g/mol. The van der Waals surface area contributed by atoms with Crippen LogP contribution in [0, 0.1) is 5.92 Å². The maximum atomic E-state index is 11.5. The van der Waals surface area contributed by atoms with Crippen LogP contribution in [0.5, 0.6) is 0 Å². The molecule has 0 atom stereocenters. The fourth-order valence-corrected chi connectivity index (χ4v) is 1.14. The Kier molecular flexibility index (Phi) is 6.17. The van der Waals surface area contributed by atoms with Crippen molar-refractivity contribution in [3.05, 3.63) is 0 Å². The smallest absolute Gasteiger partial charge is 0.149 e. The Labute approximate surface area is 91.3 Å². The van der Waals surface area contributed by atoms with Crippen molar-refractivity contribution in [1.29, 1.82) is 0 Å². The van der Waals surface area contributed by atoms with E-state index >= 15 is 0 Å². The molecule has 0 aromatic rings. The summed E-state index contributed by atoms with van der Waals surface area (Å²) in [6.45, 7) is 8.28. The molecule has 0 spiro atoms. The van der Waals surface area contributed by atoms with Gasteiger partial charge in [-0.3, -0.25) is 9.69 Å². The van der Waals surface area contributed by atoms with E-state index in [1.165, 1.54) is 0 Å². The molecule has 15 heavy (non-hydrogen) atoms. The van der Waals surface area contributed by atoms with Gasteiger partial charge in [-0.1, -0.05) is 13.8 Å². The van der Waals surface area contributed by atoms with Gasteiger partial charge in [-0.15, -0.1) is 0 Å². The number of ketones is 1. The van der Waals surface area contributed by atoms with Crippen molar-refractivity contribution in [2.75, 3.05) is 13.1 Å². The van der Waals surface area contributed by atoms with Gasteiger partial charge in [0, 0.05) is 24.5 Å². The minimum Gasteiger partial charge on any atom is -0.550 e. The van der Waals surface area contributed by atoms with Gasteiger partial charge in [0.25, 0.3) is 0 Å². The average molecular weight is 214 g/mol. The minimum atomic E-state index is -1.07. The fourth-order valence-electron chi connectivity index (χ4n) is 1.14. The highest BCUT2D eigenvalue weighted by Gasteiger charge is 2.15. The highest BCUT2D eigenvalue weighted by Crippen LogP contribution is 2.03. The monoisotopic (exact) mass is 214 g/mol. The second kappa shape index (κ2) is 6.56. The number of hydrogen-bond donors (Lipinski definition) is 0. The molecule has 4 nitrogen and oxygen atoms in total. The Bertz CT molecular complexity index is 224. The molecule has 0 rings (SSSR count). The lowest BCUT2D eigenvalue weighted by molar-refractivity contribution is -0.305. The van der Waals surface area contributed by atoms with Gasteiger partial charge < -0.3 is 9.90 Å². The molecule has 0 saturated heterocycles. The number of Topliss-reactive ketones (excluding diaryl/α,β-unsaturated/α-hetero) is 1. The van der Waals surface area contributed by atoms with Crippen LogP contribution in [0.1, 0.15) is 34.1 Å². The summed E-state index contributed by atoms with van der Waals surface area (Å²) in [4.78, 5) is 23.7. The summed E-state index contributed by atoms with van der Waals surface area (Å²) >= 11 is 0. The van der Waals surface area contributed by atoms with Crippen LogP contribution < -0.4 is 5.11 Å². The maximum Gasteiger partial charge on any atom is 0.149 e. The average Bonchev–Trinajstić information content (AvgIpc) is 2.10. The number of carbonyl (C=O) groups excluding carboxylic acids is 2. The van der Waals surface area contributed by atoms with E-state index in [-0.39, 0.29) is 24.2 Å². The van der Waals surface area contributed by atoms with Crippen molar-refractivity contribution in [2.24, 2.45) is 5.92 Å². The highest BCUT2D eigenvalue weighted by molar-refractivity contribution is 5.82. The van der Waals surface area contributed by atoms with E-state index < -0.39 is 5.97 Å². The van der Waals surface area contributed by atoms with Crippen LogP contribution in [0.25, 0.3) is 0 Å². The maximum absolute atomic E-state index is 11.5. The van der Waals surface area contributed by atoms with E-state index in [9.17, 15) is 14.7 Å². The van der Waals surface area contributed by atoms with Gasteiger partial charge >= 0.3 is 0 Å². The SMILES string of the molecule is CC(C)C(=O)CN(CCC(=O)[O-])C(C)C. The molecule has 0 aliphatic heterocycles. The van der Waals surface area contributed by atoms with Crippen LogP contribution in [-0.4, -0.2) is 35.8 Å². The molecular formula is C11H20NO3-. The fraction of sp³-hybridized carbons (Fsp3) is 0.818. The Morgan fingerprint density at radius 3 is 2.07 bits per heavy atom. The molecule has 0 aromatic heterocycles. The number of carbonyl (C=O) groups is 2. The van der Waals surface area contributed by atoms with Crippen LogP contribution in [0.3, 0.4) is 0 Å². The lowest BCUT2D eigenvalue weighted by atomic mass is 10.1. The summed E-state index contributed by atoms with van der Waals surface area (Å²) < 4.78 is 0. The van der Waals surface area contributed by atoms with E-state index in [0.29, 0.717) is 13.1 Å². The van der Waals surface area contributed by atoms with Gasteiger partial charge in [0.2, 0.25) is 0 Å². The highest BCUT2D eigenvalue weighted by atomic mass is 16.4. The van der Waals surface area contributed by atoms with Crippen LogP contribution >= 0.6 is 0 Å². The Hall–Kier alpha value is -0.900. The number of rotatable bonds is 7.